The third-order valence-corrected chi connectivity index (χ3v) is 6.95. The first-order valence-electron chi connectivity index (χ1n) is 14.6. The number of primary amides is 1. The minimum absolute atomic E-state index is 0.00911. The van der Waals surface area contributed by atoms with Gasteiger partial charge in [0.1, 0.15) is 11.5 Å². The van der Waals surface area contributed by atoms with E-state index in [2.05, 4.69) is 15.3 Å². The second-order valence-corrected chi connectivity index (χ2v) is 11.4. The summed E-state index contributed by atoms with van der Waals surface area (Å²) in [5.41, 5.74) is 6.05. The number of rotatable bonds is 18. The highest BCUT2D eigenvalue weighted by Crippen LogP contribution is 2.20. The van der Waals surface area contributed by atoms with Gasteiger partial charge in [-0.15, -0.1) is 0 Å². The molecule has 242 valence electrons. The van der Waals surface area contributed by atoms with E-state index in [4.69, 9.17) is 20.3 Å². The molecule has 0 saturated heterocycles. The number of nitrogens with two attached hydrogens (primary N) is 1. The third-order valence-electron chi connectivity index (χ3n) is 6.95. The molecule has 2 amide bonds. The summed E-state index contributed by atoms with van der Waals surface area (Å²) in [5.74, 6) is -4.29. The van der Waals surface area contributed by atoms with Crippen LogP contribution < -0.4 is 11.1 Å². The van der Waals surface area contributed by atoms with Crippen molar-refractivity contribution >= 4 is 34.8 Å². The highest BCUT2D eigenvalue weighted by molar-refractivity contribution is 5.94. The summed E-state index contributed by atoms with van der Waals surface area (Å²) in [6.07, 6.45) is 0.0559. The van der Waals surface area contributed by atoms with E-state index in [0.717, 1.165) is 0 Å². The van der Waals surface area contributed by atoms with Gasteiger partial charge >= 0.3 is 11.9 Å². The quantitative estimate of drug-likeness (QED) is 0.120. The number of halogens is 1. The van der Waals surface area contributed by atoms with Crippen molar-refractivity contribution in [3.05, 3.63) is 71.8 Å². The maximum Gasteiger partial charge on any atom is 0.308 e. The molecule has 0 unspecified atom stereocenters. The molecule has 13 heteroatoms. The average molecular weight is 627 g/mol. The Bertz CT molecular complexity index is 1480. The van der Waals surface area contributed by atoms with E-state index in [1.54, 1.807) is 44.2 Å². The van der Waals surface area contributed by atoms with Crippen LogP contribution in [0.4, 0.5) is 4.39 Å². The lowest BCUT2D eigenvalue weighted by Crippen LogP contribution is -2.48. The van der Waals surface area contributed by atoms with Crippen LogP contribution >= 0.6 is 0 Å². The van der Waals surface area contributed by atoms with E-state index in [1.807, 2.05) is 0 Å². The number of para-hydroxylation sites is 2. The van der Waals surface area contributed by atoms with Gasteiger partial charge in [0.25, 0.3) is 5.91 Å². The topological polar surface area (TPSA) is 191 Å². The zero-order chi connectivity index (χ0) is 33.0. The number of nitrogens with one attached hydrogen (secondary N) is 1. The standard InChI is InChI=1S/C32H39FN4O8/c1-32(2,43)15-13-21(29(34)41)14-16-44-31(45-28(40)12-6-11-27(38)39)25(18-20-7-5-8-22(33)17-20)37-30(42)26-19-35-23-9-3-4-10-24(23)36-26/h3-5,7-10,17,19,21,25,31,43H,6,11-16,18H2,1-2H3,(H2,34,41)(H,37,42)(H,38,39)/t21-,25+,31+/m1/s1. The molecule has 0 radical (unpaired) electrons. The van der Waals surface area contributed by atoms with Crippen LogP contribution in [0.3, 0.4) is 0 Å². The summed E-state index contributed by atoms with van der Waals surface area (Å²) < 4.78 is 25.7. The largest absolute Gasteiger partial charge is 0.481 e. The highest BCUT2D eigenvalue weighted by Gasteiger charge is 2.30. The van der Waals surface area contributed by atoms with Crippen molar-refractivity contribution in [1.29, 1.82) is 0 Å². The predicted octanol–water partition coefficient (Wildman–Crippen LogP) is 3.29. The Morgan fingerprint density at radius 3 is 2.44 bits per heavy atom. The summed E-state index contributed by atoms with van der Waals surface area (Å²) in [5, 5.41) is 21.8. The van der Waals surface area contributed by atoms with Crippen LogP contribution in [0.5, 0.6) is 0 Å². The maximum absolute atomic E-state index is 14.1. The number of carbonyl (C=O) groups is 4. The van der Waals surface area contributed by atoms with Crippen LogP contribution in [0.2, 0.25) is 0 Å². The van der Waals surface area contributed by atoms with Gasteiger partial charge < -0.3 is 30.7 Å². The minimum Gasteiger partial charge on any atom is -0.481 e. The van der Waals surface area contributed by atoms with E-state index in [1.165, 1.54) is 24.4 Å². The highest BCUT2D eigenvalue weighted by atomic mass is 19.1. The normalized spacial score (nSPS) is 13.5. The van der Waals surface area contributed by atoms with Gasteiger partial charge in [0.2, 0.25) is 12.2 Å². The number of ether oxygens (including phenoxy) is 2. The molecule has 1 aromatic heterocycles. The van der Waals surface area contributed by atoms with Gasteiger partial charge in [-0.3, -0.25) is 24.2 Å². The number of aliphatic carboxylic acids is 1. The van der Waals surface area contributed by atoms with Crippen molar-refractivity contribution < 1.29 is 43.3 Å². The van der Waals surface area contributed by atoms with Crippen molar-refractivity contribution in [3.63, 3.8) is 0 Å². The van der Waals surface area contributed by atoms with Gasteiger partial charge in [0.05, 0.1) is 35.5 Å². The van der Waals surface area contributed by atoms with Crippen molar-refractivity contribution in [1.82, 2.24) is 15.3 Å². The van der Waals surface area contributed by atoms with Crippen LogP contribution in [0, 0.1) is 11.7 Å². The van der Waals surface area contributed by atoms with Crippen molar-refractivity contribution in [3.8, 4) is 0 Å². The number of nitrogens with zero attached hydrogens (tertiary/aromatic N) is 2. The Morgan fingerprint density at radius 2 is 1.78 bits per heavy atom. The fourth-order valence-corrected chi connectivity index (χ4v) is 4.53. The number of amides is 2. The smallest absolute Gasteiger partial charge is 0.308 e. The monoisotopic (exact) mass is 626 g/mol. The molecule has 0 bridgehead atoms. The Labute approximate surface area is 260 Å². The summed E-state index contributed by atoms with van der Waals surface area (Å²) in [7, 11) is 0. The number of aliphatic hydroxyl groups is 1. The molecule has 3 aromatic rings. The van der Waals surface area contributed by atoms with E-state index in [-0.39, 0.29) is 50.8 Å². The molecular weight excluding hydrogens is 587 g/mol. The first-order valence-corrected chi connectivity index (χ1v) is 14.6. The molecule has 3 atom stereocenters. The first-order chi connectivity index (χ1) is 21.3. The van der Waals surface area contributed by atoms with E-state index in [0.29, 0.717) is 23.0 Å². The second-order valence-electron chi connectivity index (χ2n) is 11.4. The molecule has 0 aliphatic carbocycles. The molecule has 5 N–H and O–H groups in total. The molecule has 12 nitrogen and oxygen atoms in total. The molecule has 0 spiro atoms. The van der Waals surface area contributed by atoms with E-state index in [9.17, 15) is 28.7 Å². The van der Waals surface area contributed by atoms with Crippen molar-refractivity contribution in [2.45, 2.75) is 76.7 Å². The predicted molar refractivity (Wildman–Crippen MR) is 161 cm³/mol. The zero-order valence-electron chi connectivity index (χ0n) is 25.3. The van der Waals surface area contributed by atoms with Gasteiger partial charge in [-0.05, 0) is 75.8 Å². The minimum atomic E-state index is -1.43. The van der Waals surface area contributed by atoms with E-state index >= 15 is 0 Å². The molecule has 0 aliphatic heterocycles. The van der Waals surface area contributed by atoms with Gasteiger partial charge in [-0.2, -0.15) is 0 Å². The number of esters is 1. The number of carboxylic acid groups (broad SMARTS) is 1. The summed E-state index contributed by atoms with van der Waals surface area (Å²) in [6, 6.07) is 11.5. The third kappa shape index (κ3) is 12.2. The maximum atomic E-state index is 14.1. The summed E-state index contributed by atoms with van der Waals surface area (Å²) >= 11 is 0. The first kappa shape index (κ1) is 35.0. The number of hydrogen-bond donors (Lipinski definition) is 4. The average Bonchev–Trinajstić information content (AvgIpc) is 2.96. The van der Waals surface area contributed by atoms with Crippen LogP contribution in [-0.4, -0.2) is 68.5 Å². The molecular formula is C32H39FN4O8. The van der Waals surface area contributed by atoms with Gasteiger partial charge in [-0.25, -0.2) is 9.37 Å². The number of carbonyl (C=O) groups excluding carboxylic acids is 3. The van der Waals surface area contributed by atoms with Crippen LogP contribution in [0.1, 0.15) is 68.4 Å². The molecule has 2 aromatic carbocycles. The molecule has 0 aliphatic rings. The number of hydrogen-bond acceptors (Lipinski definition) is 9. The van der Waals surface area contributed by atoms with Gasteiger partial charge in [0, 0.05) is 18.8 Å². The molecule has 0 saturated carbocycles. The Kier molecular flexibility index (Phi) is 12.9. The molecule has 1 heterocycles. The van der Waals surface area contributed by atoms with E-state index < -0.39 is 53.4 Å². The number of fused-ring (bicyclic) bond motifs is 1. The Balaban J connectivity index is 1.86. The lowest BCUT2D eigenvalue weighted by molar-refractivity contribution is -0.186. The van der Waals surface area contributed by atoms with Crippen molar-refractivity contribution in [2.75, 3.05) is 6.61 Å². The Morgan fingerprint density at radius 1 is 1.04 bits per heavy atom. The fraction of sp³-hybridized carbons (Fsp3) is 0.438. The zero-order valence-corrected chi connectivity index (χ0v) is 25.3. The molecule has 0 fully saturated rings. The number of benzene rings is 2. The molecule has 45 heavy (non-hydrogen) atoms. The number of carboxylic acids is 1. The molecule has 3 rings (SSSR count). The Hall–Kier alpha value is -4.49. The fourth-order valence-electron chi connectivity index (χ4n) is 4.53. The van der Waals surface area contributed by atoms with Gasteiger partial charge in [0.15, 0.2) is 0 Å². The lowest BCUT2D eigenvalue weighted by atomic mass is 9.92. The second kappa shape index (κ2) is 16.5. The van der Waals surface area contributed by atoms with Gasteiger partial charge in [-0.1, -0.05) is 24.3 Å². The van der Waals surface area contributed by atoms with Crippen LogP contribution in [0.25, 0.3) is 11.0 Å². The van der Waals surface area contributed by atoms with Crippen LogP contribution in [0.15, 0.2) is 54.7 Å². The summed E-state index contributed by atoms with van der Waals surface area (Å²) in [6.45, 7) is 3.10. The summed E-state index contributed by atoms with van der Waals surface area (Å²) in [4.78, 5) is 57.8. The van der Waals surface area contributed by atoms with Crippen molar-refractivity contribution in [2.24, 2.45) is 11.7 Å². The SMILES string of the molecule is CC(C)(O)CC[C@H](CCO[C@@H](OC(=O)CCCC(=O)O)[C@H](Cc1cccc(F)c1)NC(=O)c1cnc2ccccc2n1)C(N)=O. The van der Waals surface area contributed by atoms with Crippen LogP contribution in [-0.2, 0) is 30.3 Å². The number of aromatic nitrogens is 2. The lowest BCUT2D eigenvalue weighted by Gasteiger charge is -2.29.